The van der Waals surface area contributed by atoms with Crippen molar-refractivity contribution in [3.05, 3.63) is 70.8 Å². The summed E-state index contributed by atoms with van der Waals surface area (Å²) in [6, 6.07) is 16.3. The van der Waals surface area contributed by atoms with E-state index in [0.717, 1.165) is 52.8 Å². The van der Waals surface area contributed by atoms with Gasteiger partial charge in [0.05, 0.1) is 18.4 Å². The van der Waals surface area contributed by atoms with Gasteiger partial charge in [-0.15, -0.1) is 0 Å². The average molecular weight is 432 g/mol. The molecule has 1 fully saturated rings. The quantitative estimate of drug-likeness (QED) is 0.353. The van der Waals surface area contributed by atoms with Crippen LogP contribution in [0.4, 0.5) is 0 Å². The largest absolute Gasteiger partial charge is 0.464 e. The number of imide groups is 1. The summed E-state index contributed by atoms with van der Waals surface area (Å²) >= 11 is 0. The molecule has 5 nitrogen and oxygen atoms in total. The highest BCUT2D eigenvalue weighted by atomic mass is 16.5. The van der Waals surface area contributed by atoms with Crippen LogP contribution in [0.5, 0.6) is 0 Å². The summed E-state index contributed by atoms with van der Waals surface area (Å²) in [6.07, 6.45) is 5.31. The fraction of sp³-hybridized carbons (Fsp3) is 0.444. The number of carbonyl (C=O) groups excluding carboxylic acids is 3. The maximum absolute atomic E-state index is 13.4. The molecule has 166 valence electrons. The fourth-order valence-corrected chi connectivity index (χ4v) is 5.96. The number of hydrogen-bond acceptors (Lipinski definition) is 4. The van der Waals surface area contributed by atoms with Gasteiger partial charge < -0.3 is 4.74 Å². The molecule has 0 spiro atoms. The number of ether oxygens (including phenoxy) is 1. The van der Waals surface area contributed by atoms with Gasteiger partial charge in [0.25, 0.3) is 0 Å². The van der Waals surface area contributed by atoms with Gasteiger partial charge in [0.15, 0.2) is 0 Å². The van der Waals surface area contributed by atoms with Crippen LogP contribution in [0.25, 0.3) is 0 Å². The maximum atomic E-state index is 13.4. The van der Waals surface area contributed by atoms with Crippen molar-refractivity contribution in [2.24, 2.45) is 11.8 Å². The lowest BCUT2D eigenvalue weighted by Crippen LogP contribution is -2.41. The standard InChI is InChI=1S/C27H29NO4/c1-2-3-4-5-10-15-32-21(29)16-28-26(30)24-22-17-11-6-7-12-18(17)23(25(24)27(28)31)20-14-9-8-13-19(20)22/h6-9,11-14,22-25H,2-5,10,15-16H2,1H3/t22?,23?,24-,25+. The van der Waals surface area contributed by atoms with Crippen molar-refractivity contribution >= 4 is 17.8 Å². The van der Waals surface area contributed by atoms with Gasteiger partial charge in [0, 0.05) is 11.8 Å². The highest BCUT2D eigenvalue weighted by Crippen LogP contribution is 2.60. The van der Waals surface area contributed by atoms with Gasteiger partial charge in [-0.05, 0) is 28.7 Å². The zero-order valence-electron chi connectivity index (χ0n) is 18.5. The van der Waals surface area contributed by atoms with Gasteiger partial charge in [-0.25, -0.2) is 0 Å². The molecule has 0 unspecified atom stereocenters. The highest BCUT2D eigenvalue weighted by molar-refractivity contribution is 6.09. The summed E-state index contributed by atoms with van der Waals surface area (Å²) in [6.45, 7) is 2.21. The third kappa shape index (κ3) is 3.26. The normalized spacial score (nSPS) is 24.8. The van der Waals surface area contributed by atoms with E-state index in [-0.39, 0.29) is 30.2 Å². The SMILES string of the molecule is CCCCCCCOC(=O)CN1C(=O)[C@@H]2C3c4ccccc4C(c4ccccc43)[C@@H]2C1=O. The number of likely N-dealkylation sites (tertiary alicyclic amines) is 1. The third-order valence-corrected chi connectivity index (χ3v) is 7.34. The monoisotopic (exact) mass is 431 g/mol. The molecule has 3 aliphatic carbocycles. The van der Waals surface area contributed by atoms with Crippen molar-refractivity contribution in [1.82, 2.24) is 4.90 Å². The first-order valence-corrected chi connectivity index (χ1v) is 11.8. The molecule has 2 aromatic rings. The van der Waals surface area contributed by atoms with Crippen LogP contribution >= 0.6 is 0 Å². The molecule has 0 radical (unpaired) electrons. The minimum Gasteiger partial charge on any atom is -0.464 e. The Kier molecular flexibility index (Phi) is 5.58. The summed E-state index contributed by atoms with van der Waals surface area (Å²) < 4.78 is 5.34. The van der Waals surface area contributed by atoms with Crippen molar-refractivity contribution in [3.63, 3.8) is 0 Å². The Bertz CT molecular complexity index is 946. The molecule has 32 heavy (non-hydrogen) atoms. The average Bonchev–Trinajstić information content (AvgIpc) is 3.07. The van der Waals surface area contributed by atoms with Crippen molar-refractivity contribution in [2.75, 3.05) is 13.2 Å². The number of benzene rings is 2. The summed E-state index contributed by atoms with van der Waals surface area (Å²) in [5.74, 6) is -2.15. The molecule has 4 aliphatic rings. The number of rotatable bonds is 8. The lowest BCUT2D eigenvalue weighted by molar-refractivity contribution is -0.153. The molecule has 2 atom stereocenters. The predicted octanol–water partition coefficient (Wildman–Crippen LogP) is 4.39. The molecule has 1 saturated heterocycles. The van der Waals surface area contributed by atoms with Gasteiger partial charge >= 0.3 is 5.97 Å². The van der Waals surface area contributed by atoms with Crippen LogP contribution in [0.3, 0.4) is 0 Å². The topological polar surface area (TPSA) is 63.7 Å². The highest BCUT2D eigenvalue weighted by Gasteiger charge is 2.61. The Labute approximate surface area is 188 Å². The second-order valence-electron chi connectivity index (χ2n) is 9.16. The summed E-state index contributed by atoms with van der Waals surface area (Å²) in [5.41, 5.74) is 4.54. The zero-order chi connectivity index (χ0) is 22.2. The van der Waals surface area contributed by atoms with E-state index in [0.29, 0.717) is 6.61 Å². The fourth-order valence-electron chi connectivity index (χ4n) is 5.96. The van der Waals surface area contributed by atoms with Crippen LogP contribution in [0, 0.1) is 11.8 Å². The van der Waals surface area contributed by atoms with E-state index >= 15 is 0 Å². The molecule has 0 N–H and O–H groups in total. The van der Waals surface area contributed by atoms with E-state index in [9.17, 15) is 14.4 Å². The summed E-state index contributed by atoms with van der Waals surface area (Å²) in [5, 5.41) is 0. The minimum absolute atomic E-state index is 0.145. The van der Waals surface area contributed by atoms with E-state index < -0.39 is 17.8 Å². The first-order chi connectivity index (χ1) is 15.6. The van der Waals surface area contributed by atoms with Gasteiger partial charge in [-0.3, -0.25) is 19.3 Å². The minimum atomic E-state index is -0.497. The molecule has 2 aromatic carbocycles. The Balaban J connectivity index is 1.35. The Morgan fingerprint density at radius 1 is 0.781 bits per heavy atom. The lowest BCUT2D eigenvalue weighted by Gasteiger charge is -2.45. The lowest BCUT2D eigenvalue weighted by atomic mass is 9.55. The van der Waals surface area contributed by atoms with E-state index in [4.69, 9.17) is 4.74 Å². The number of unbranched alkanes of at least 4 members (excludes halogenated alkanes) is 4. The molecular weight excluding hydrogens is 402 g/mol. The number of nitrogens with zero attached hydrogens (tertiary/aromatic N) is 1. The maximum Gasteiger partial charge on any atom is 0.326 e. The van der Waals surface area contributed by atoms with Crippen LogP contribution in [-0.4, -0.2) is 35.8 Å². The molecule has 0 aromatic heterocycles. The second kappa shape index (κ2) is 8.53. The zero-order valence-corrected chi connectivity index (χ0v) is 18.5. The van der Waals surface area contributed by atoms with E-state index in [1.54, 1.807) is 0 Å². The van der Waals surface area contributed by atoms with Gasteiger partial charge in [0.1, 0.15) is 6.54 Å². The molecule has 5 heteroatoms. The van der Waals surface area contributed by atoms with Gasteiger partial charge in [-0.2, -0.15) is 0 Å². The molecule has 1 heterocycles. The van der Waals surface area contributed by atoms with Crippen LogP contribution in [0.1, 0.15) is 73.1 Å². The van der Waals surface area contributed by atoms with Crippen LogP contribution in [0.2, 0.25) is 0 Å². The van der Waals surface area contributed by atoms with Crippen LogP contribution in [0.15, 0.2) is 48.5 Å². The number of carbonyl (C=O) groups is 3. The Morgan fingerprint density at radius 3 is 1.72 bits per heavy atom. The smallest absolute Gasteiger partial charge is 0.326 e. The van der Waals surface area contributed by atoms with Crippen molar-refractivity contribution in [2.45, 2.75) is 50.9 Å². The van der Waals surface area contributed by atoms with Crippen molar-refractivity contribution < 1.29 is 19.1 Å². The first-order valence-electron chi connectivity index (χ1n) is 11.8. The van der Waals surface area contributed by atoms with E-state index in [2.05, 4.69) is 31.2 Å². The van der Waals surface area contributed by atoms with Gasteiger partial charge in [-0.1, -0.05) is 81.1 Å². The van der Waals surface area contributed by atoms with Gasteiger partial charge in [0.2, 0.25) is 11.8 Å². The Hall–Kier alpha value is -2.95. The number of esters is 1. The summed E-state index contributed by atoms with van der Waals surface area (Å²) in [4.78, 5) is 40.5. The first kappa shape index (κ1) is 20.9. The molecule has 2 amide bonds. The molecule has 1 aliphatic heterocycles. The molecule has 0 saturated carbocycles. The van der Waals surface area contributed by atoms with E-state index in [1.165, 1.54) is 6.42 Å². The van der Waals surface area contributed by atoms with Crippen LogP contribution < -0.4 is 0 Å². The third-order valence-electron chi connectivity index (χ3n) is 7.34. The number of amides is 2. The summed E-state index contributed by atoms with van der Waals surface area (Å²) in [7, 11) is 0. The van der Waals surface area contributed by atoms with Crippen molar-refractivity contribution in [1.29, 1.82) is 0 Å². The molecule has 6 rings (SSSR count). The van der Waals surface area contributed by atoms with Crippen LogP contribution in [-0.2, 0) is 19.1 Å². The predicted molar refractivity (Wildman–Crippen MR) is 120 cm³/mol. The van der Waals surface area contributed by atoms with Crippen molar-refractivity contribution in [3.8, 4) is 0 Å². The second-order valence-corrected chi connectivity index (χ2v) is 9.16. The number of hydrogen-bond donors (Lipinski definition) is 0. The molecular formula is C27H29NO4. The van der Waals surface area contributed by atoms with E-state index in [1.807, 2.05) is 24.3 Å². The Morgan fingerprint density at radius 2 is 1.25 bits per heavy atom. The molecule has 2 bridgehead atoms.